The third-order valence-corrected chi connectivity index (χ3v) is 10.4. The lowest BCUT2D eigenvalue weighted by Gasteiger charge is -2.18. The molecule has 6 nitrogen and oxygen atoms in total. The van der Waals surface area contributed by atoms with Crippen molar-refractivity contribution in [1.29, 1.82) is 0 Å². The smallest absolute Gasteiger partial charge is 0.306 e. The SMILES string of the molecule is CCC/C=C\C/C=C\CCCCCCCC(=O)OC(COC(=O)CCCCCCCCCCC)COC(=O)CCCCCCCCCCCCCCCCC. The van der Waals surface area contributed by atoms with Gasteiger partial charge in [0.05, 0.1) is 0 Å². The molecule has 0 aromatic heterocycles. The van der Waals surface area contributed by atoms with E-state index in [2.05, 4.69) is 45.1 Å². The van der Waals surface area contributed by atoms with E-state index in [1.807, 2.05) is 0 Å². The molecule has 0 saturated carbocycles. The van der Waals surface area contributed by atoms with Gasteiger partial charge in [0.1, 0.15) is 13.2 Å². The second-order valence-corrected chi connectivity index (χ2v) is 16.0. The minimum Gasteiger partial charge on any atom is -0.462 e. The zero-order valence-corrected chi connectivity index (χ0v) is 36.7. The number of rotatable bonds is 43. The summed E-state index contributed by atoms with van der Waals surface area (Å²) in [6.07, 6.45) is 48.7. The molecular weight excluding hydrogens is 685 g/mol. The summed E-state index contributed by atoms with van der Waals surface area (Å²) in [5.41, 5.74) is 0. The number of ether oxygens (including phenoxy) is 3. The van der Waals surface area contributed by atoms with Crippen molar-refractivity contribution in [3.63, 3.8) is 0 Å². The molecule has 0 radical (unpaired) electrons. The molecular formula is C49H90O6. The zero-order valence-electron chi connectivity index (χ0n) is 36.7. The van der Waals surface area contributed by atoms with Crippen molar-refractivity contribution in [3.8, 4) is 0 Å². The molecule has 0 aliphatic carbocycles. The van der Waals surface area contributed by atoms with E-state index >= 15 is 0 Å². The lowest BCUT2D eigenvalue weighted by atomic mass is 10.0. The van der Waals surface area contributed by atoms with Gasteiger partial charge < -0.3 is 14.2 Å². The number of esters is 3. The molecule has 1 unspecified atom stereocenters. The fourth-order valence-electron chi connectivity index (χ4n) is 6.83. The summed E-state index contributed by atoms with van der Waals surface area (Å²) in [6.45, 7) is 6.56. The molecule has 0 aromatic carbocycles. The van der Waals surface area contributed by atoms with Crippen molar-refractivity contribution in [2.75, 3.05) is 13.2 Å². The molecule has 0 fully saturated rings. The molecule has 0 aromatic rings. The van der Waals surface area contributed by atoms with Crippen LogP contribution in [0.2, 0.25) is 0 Å². The van der Waals surface area contributed by atoms with Gasteiger partial charge in [-0.1, -0.05) is 212 Å². The van der Waals surface area contributed by atoms with E-state index in [1.54, 1.807) is 0 Å². The molecule has 0 saturated heterocycles. The maximum Gasteiger partial charge on any atom is 0.306 e. The van der Waals surface area contributed by atoms with Gasteiger partial charge in [-0.15, -0.1) is 0 Å². The van der Waals surface area contributed by atoms with Crippen molar-refractivity contribution < 1.29 is 28.6 Å². The number of carbonyl (C=O) groups excluding carboxylic acids is 3. The summed E-state index contributed by atoms with van der Waals surface area (Å²) in [4.78, 5) is 37.7. The summed E-state index contributed by atoms with van der Waals surface area (Å²) in [5, 5.41) is 0. The predicted octanol–water partition coefficient (Wildman–Crippen LogP) is 15.2. The van der Waals surface area contributed by atoms with Crippen LogP contribution < -0.4 is 0 Å². The first kappa shape index (κ1) is 52.9. The summed E-state index contributed by atoms with van der Waals surface area (Å²) in [5.74, 6) is -0.881. The van der Waals surface area contributed by atoms with Crippen LogP contribution >= 0.6 is 0 Å². The van der Waals surface area contributed by atoms with Gasteiger partial charge in [0.15, 0.2) is 6.10 Å². The topological polar surface area (TPSA) is 78.9 Å². The van der Waals surface area contributed by atoms with Crippen LogP contribution in [0.15, 0.2) is 24.3 Å². The van der Waals surface area contributed by atoms with E-state index in [0.29, 0.717) is 19.3 Å². The third kappa shape index (κ3) is 42.9. The highest BCUT2D eigenvalue weighted by molar-refractivity contribution is 5.71. The van der Waals surface area contributed by atoms with Crippen LogP contribution in [-0.2, 0) is 28.6 Å². The highest BCUT2D eigenvalue weighted by Crippen LogP contribution is 2.15. The molecule has 0 heterocycles. The Balaban J connectivity index is 4.32. The highest BCUT2D eigenvalue weighted by Gasteiger charge is 2.19. The van der Waals surface area contributed by atoms with Gasteiger partial charge in [0, 0.05) is 19.3 Å². The summed E-state index contributed by atoms with van der Waals surface area (Å²) >= 11 is 0. The molecule has 0 bridgehead atoms. The Labute approximate surface area is 341 Å². The van der Waals surface area contributed by atoms with Gasteiger partial charge in [0.25, 0.3) is 0 Å². The van der Waals surface area contributed by atoms with Gasteiger partial charge in [-0.05, 0) is 44.9 Å². The average molecular weight is 775 g/mol. The molecule has 0 aliphatic rings. The summed E-state index contributed by atoms with van der Waals surface area (Å²) in [6, 6.07) is 0. The van der Waals surface area contributed by atoms with Crippen LogP contribution in [-0.4, -0.2) is 37.2 Å². The van der Waals surface area contributed by atoms with E-state index < -0.39 is 6.10 Å². The van der Waals surface area contributed by atoms with Gasteiger partial charge >= 0.3 is 17.9 Å². The van der Waals surface area contributed by atoms with E-state index in [-0.39, 0.29) is 31.1 Å². The molecule has 1 atom stereocenters. The van der Waals surface area contributed by atoms with Crippen molar-refractivity contribution in [3.05, 3.63) is 24.3 Å². The van der Waals surface area contributed by atoms with Crippen molar-refractivity contribution in [2.45, 2.75) is 258 Å². The second kappa shape index (κ2) is 44.6. The average Bonchev–Trinajstić information content (AvgIpc) is 3.18. The largest absolute Gasteiger partial charge is 0.462 e. The number of allylic oxidation sites excluding steroid dienone is 4. The van der Waals surface area contributed by atoms with E-state index in [0.717, 1.165) is 89.9 Å². The monoisotopic (exact) mass is 775 g/mol. The van der Waals surface area contributed by atoms with E-state index in [1.165, 1.54) is 122 Å². The number of hydrogen-bond donors (Lipinski definition) is 0. The maximum absolute atomic E-state index is 12.7. The molecule has 55 heavy (non-hydrogen) atoms. The highest BCUT2D eigenvalue weighted by atomic mass is 16.6. The Bertz CT molecular complexity index is 896. The van der Waals surface area contributed by atoms with Gasteiger partial charge in [-0.25, -0.2) is 0 Å². The normalized spacial score (nSPS) is 12.1. The van der Waals surface area contributed by atoms with Crippen molar-refractivity contribution >= 4 is 17.9 Å². The van der Waals surface area contributed by atoms with Crippen LogP contribution in [0, 0.1) is 0 Å². The number of unbranched alkanes of at least 4 members (excludes halogenated alkanes) is 28. The lowest BCUT2D eigenvalue weighted by Crippen LogP contribution is -2.30. The summed E-state index contributed by atoms with van der Waals surface area (Å²) in [7, 11) is 0. The quantitative estimate of drug-likeness (QED) is 0.0266. The van der Waals surface area contributed by atoms with Crippen molar-refractivity contribution in [2.24, 2.45) is 0 Å². The van der Waals surface area contributed by atoms with E-state index in [9.17, 15) is 14.4 Å². The van der Waals surface area contributed by atoms with Crippen molar-refractivity contribution in [1.82, 2.24) is 0 Å². The Kier molecular flexibility index (Phi) is 42.9. The van der Waals surface area contributed by atoms with Crippen LogP contribution in [0.3, 0.4) is 0 Å². The molecule has 0 rings (SSSR count). The lowest BCUT2D eigenvalue weighted by molar-refractivity contribution is -0.167. The first-order valence-corrected chi connectivity index (χ1v) is 23.8. The Morgan fingerprint density at radius 2 is 0.691 bits per heavy atom. The fourth-order valence-corrected chi connectivity index (χ4v) is 6.83. The molecule has 0 N–H and O–H groups in total. The maximum atomic E-state index is 12.7. The molecule has 322 valence electrons. The zero-order chi connectivity index (χ0) is 40.1. The van der Waals surface area contributed by atoms with Crippen LogP contribution in [0.25, 0.3) is 0 Å². The first-order chi connectivity index (χ1) is 27.0. The van der Waals surface area contributed by atoms with Gasteiger partial charge in [0.2, 0.25) is 0 Å². The standard InChI is InChI=1S/C49H90O6/c1-4-7-10-13-16-19-21-23-24-26-27-30-33-36-39-42-48(51)54-45-46(44-53-47(50)41-38-35-32-29-18-15-12-9-6-3)55-49(52)43-40-37-34-31-28-25-22-20-17-14-11-8-5-2/h11,14,20,22,46H,4-10,12-13,15-19,21,23-45H2,1-3H3/b14-11-,22-20-. The third-order valence-electron chi connectivity index (χ3n) is 10.4. The molecule has 0 aliphatic heterocycles. The van der Waals surface area contributed by atoms with Gasteiger partial charge in [-0.3, -0.25) is 14.4 Å². The molecule has 0 amide bonds. The number of hydrogen-bond acceptors (Lipinski definition) is 6. The Morgan fingerprint density at radius 3 is 1.07 bits per heavy atom. The molecule has 6 heteroatoms. The minimum absolute atomic E-state index is 0.0729. The molecule has 0 spiro atoms. The first-order valence-electron chi connectivity index (χ1n) is 23.8. The predicted molar refractivity (Wildman–Crippen MR) is 233 cm³/mol. The van der Waals surface area contributed by atoms with Crippen LogP contribution in [0.5, 0.6) is 0 Å². The number of carbonyl (C=O) groups is 3. The van der Waals surface area contributed by atoms with E-state index in [4.69, 9.17) is 14.2 Å². The Hall–Kier alpha value is -2.11. The Morgan fingerprint density at radius 1 is 0.364 bits per heavy atom. The van der Waals surface area contributed by atoms with Gasteiger partial charge in [-0.2, -0.15) is 0 Å². The summed E-state index contributed by atoms with van der Waals surface area (Å²) < 4.78 is 16.7. The van der Waals surface area contributed by atoms with Crippen LogP contribution in [0.4, 0.5) is 0 Å². The minimum atomic E-state index is -0.770. The fraction of sp³-hybridized carbons (Fsp3) is 0.857. The van der Waals surface area contributed by atoms with Crippen LogP contribution in [0.1, 0.15) is 252 Å². The second-order valence-electron chi connectivity index (χ2n) is 16.0.